The molecule has 1 unspecified atom stereocenters. The molecule has 0 fully saturated rings. The quantitative estimate of drug-likeness (QED) is 0.315. The van der Waals surface area contributed by atoms with Crippen LogP contribution >= 0.6 is 0 Å². The summed E-state index contributed by atoms with van der Waals surface area (Å²) in [5.74, 6) is -0.0404. The van der Waals surface area contributed by atoms with Crippen molar-refractivity contribution in [3.8, 4) is 0 Å². The molecule has 1 aromatic heterocycles. The van der Waals surface area contributed by atoms with Crippen molar-refractivity contribution in [1.29, 1.82) is 0 Å². The lowest BCUT2D eigenvalue weighted by atomic mass is 10.0. The number of nitrogens with zero attached hydrogens (tertiary/aromatic N) is 4. The molecule has 11 nitrogen and oxygen atoms in total. The molecule has 0 bridgehead atoms. The lowest BCUT2D eigenvalue weighted by Gasteiger charge is -2.37. The Morgan fingerprint density at radius 2 is 1.86 bits per heavy atom. The van der Waals surface area contributed by atoms with Gasteiger partial charge in [0, 0.05) is 13.1 Å². The number of aliphatic hydroxyl groups is 5. The van der Waals surface area contributed by atoms with Gasteiger partial charge in [-0.05, 0) is 37.1 Å². The van der Waals surface area contributed by atoms with Crippen molar-refractivity contribution in [2.24, 2.45) is 10.7 Å². The second kappa shape index (κ2) is 8.53. The van der Waals surface area contributed by atoms with Gasteiger partial charge in [-0.15, -0.1) is 0 Å². The zero-order valence-corrected chi connectivity index (χ0v) is 16.1. The van der Waals surface area contributed by atoms with Gasteiger partial charge >= 0.3 is 0 Å². The first-order valence-corrected chi connectivity index (χ1v) is 9.09. The minimum absolute atomic E-state index is 0.0360. The molecule has 0 aliphatic carbocycles. The van der Waals surface area contributed by atoms with Crippen molar-refractivity contribution in [2.75, 3.05) is 18.0 Å². The molecule has 0 saturated carbocycles. The molecule has 0 radical (unpaired) electrons. The number of hydrogen-bond donors (Lipinski definition) is 6. The minimum Gasteiger partial charge on any atom is -0.389 e. The SMILES string of the molecule is Cc1cc2c(cc1C)N(C[C@H](O)[C@H](O)[C@H](O)CN)C(O)C(c1nc(CO)no1)=N2. The Bertz CT molecular complexity index is 901. The minimum atomic E-state index is -1.51. The third-order valence-electron chi connectivity index (χ3n) is 4.92. The largest absolute Gasteiger partial charge is 0.389 e. The summed E-state index contributed by atoms with van der Waals surface area (Å²) in [7, 11) is 0. The summed E-state index contributed by atoms with van der Waals surface area (Å²) < 4.78 is 5.08. The molecule has 2 aromatic rings. The maximum absolute atomic E-state index is 10.9. The van der Waals surface area contributed by atoms with Crippen LogP contribution in [0, 0.1) is 13.8 Å². The molecule has 29 heavy (non-hydrogen) atoms. The summed E-state index contributed by atoms with van der Waals surface area (Å²) >= 11 is 0. The van der Waals surface area contributed by atoms with E-state index in [-0.39, 0.29) is 30.5 Å². The van der Waals surface area contributed by atoms with Crippen LogP contribution in [-0.2, 0) is 6.61 Å². The van der Waals surface area contributed by atoms with Gasteiger partial charge < -0.3 is 40.7 Å². The third-order valence-corrected chi connectivity index (χ3v) is 4.92. The lowest BCUT2D eigenvalue weighted by molar-refractivity contribution is -0.0531. The van der Waals surface area contributed by atoms with Crippen molar-refractivity contribution < 1.29 is 30.1 Å². The third kappa shape index (κ3) is 4.15. The highest BCUT2D eigenvalue weighted by Crippen LogP contribution is 2.37. The molecule has 1 aromatic carbocycles. The fourth-order valence-electron chi connectivity index (χ4n) is 3.06. The van der Waals surface area contributed by atoms with Crippen molar-refractivity contribution in [3.63, 3.8) is 0 Å². The highest BCUT2D eigenvalue weighted by molar-refractivity contribution is 6.06. The monoisotopic (exact) mass is 407 g/mol. The van der Waals surface area contributed by atoms with Gasteiger partial charge in [0.25, 0.3) is 5.89 Å². The number of β-amino-alcohol motifs (C(OH)–C–C–N with tert-alkyl or cyclic N) is 1. The van der Waals surface area contributed by atoms with Crippen molar-refractivity contribution in [1.82, 2.24) is 10.1 Å². The number of benzene rings is 1. The highest BCUT2D eigenvalue weighted by Gasteiger charge is 2.36. The van der Waals surface area contributed by atoms with E-state index < -0.39 is 31.1 Å². The Morgan fingerprint density at radius 1 is 1.17 bits per heavy atom. The van der Waals surface area contributed by atoms with Crippen molar-refractivity contribution in [2.45, 2.75) is 45.0 Å². The van der Waals surface area contributed by atoms with E-state index in [2.05, 4.69) is 15.1 Å². The number of aliphatic imine (C=N–C) groups is 1. The van der Waals surface area contributed by atoms with Crippen LogP contribution in [0.4, 0.5) is 11.4 Å². The second-order valence-corrected chi connectivity index (χ2v) is 6.98. The Morgan fingerprint density at radius 3 is 2.48 bits per heavy atom. The molecule has 158 valence electrons. The maximum Gasteiger partial charge on any atom is 0.277 e. The molecular formula is C18H25N5O6. The van der Waals surface area contributed by atoms with Crippen LogP contribution in [0.25, 0.3) is 0 Å². The van der Waals surface area contributed by atoms with Gasteiger partial charge in [0.1, 0.15) is 18.8 Å². The van der Waals surface area contributed by atoms with E-state index in [4.69, 9.17) is 15.4 Å². The van der Waals surface area contributed by atoms with Gasteiger partial charge in [-0.2, -0.15) is 4.98 Å². The molecule has 0 amide bonds. The summed E-state index contributed by atoms with van der Waals surface area (Å²) in [5, 5.41) is 53.9. The van der Waals surface area contributed by atoms with Gasteiger partial charge in [-0.3, -0.25) is 0 Å². The van der Waals surface area contributed by atoms with Gasteiger partial charge in [0.15, 0.2) is 17.8 Å². The fraction of sp³-hybridized carbons (Fsp3) is 0.500. The van der Waals surface area contributed by atoms with Gasteiger partial charge in [0.05, 0.1) is 17.5 Å². The molecule has 2 heterocycles. The highest BCUT2D eigenvalue weighted by atomic mass is 16.5. The van der Waals surface area contributed by atoms with Crippen LogP contribution in [-0.4, -0.2) is 79.0 Å². The standard InChI is InChI=1S/C18H25N5O6/c1-8-3-10-11(4-9(8)2)23(6-13(26)16(27)12(25)5-19)18(28)15(20-10)17-21-14(7-24)22-29-17/h3-4,12-13,16,18,24-28H,5-7,19H2,1-2H3/t12-,13+,16-,18?/m1/s1. The average molecular weight is 407 g/mol. The normalized spacial score (nSPS) is 19.5. The Labute approximate surface area is 166 Å². The Kier molecular flexibility index (Phi) is 6.27. The molecule has 0 spiro atoms. The van der Waals surface area contributed by atoms with Crippen LogP contribution in [0.3, 0.4) is 0 Å². The number of nitrogens with two attached hydrogens (primary N) is 1. The van der Waals surface area contributed by atoms with E-state index in [1.807, 2.05) is 19.9 Å². The summed E-state index contributed by atoms with van der Waals surface area (Å²) in [4.78, 5) is 9.85. The average Bonchev–Trinajstić information content (AvgIpc) is 3.19. The van der Waals surface area contributed by atoms with Crippen LogP contribution < -0.4 is 10.6 Å². The van der Waals surface area contributed by atoms with Gasteiger partial charge in [0.2, 0.25) is 0 Å². The molecule has 4 atom stereocenters. The van der Waals surface area contributed by atoms with Gasteiger partial charge in [-0.1, -0.05) is 5.16 Å². The number of rotatable bonds is 7. The maximum atomic E-state index is 10.9. The van der Waals surface area contributed by atoms with E-state index in [1.165, 1.54) is 4.90 Å². The first kappa shape index (κ1) is 21.3. The van der Waals surface area contributed by atoms with Crippen molar-refractivity contribution >= 4 is 17.1 Å². The number of anilines is 1. The molecule has 0 saturated heterocycles. The number of hydrogen-bond acceptors (Lipinski definition) is 11. The first-order chi connectivity index (χ1) is 13.8. The molecule has 11 heteroatoms. The Balaban J connectivity index is 2.02. The summed E-state index contributed by atoms with van der Waals surface area (Å²) in [5.41, 5.74) is 8.31. The second-order valence-electron chi connectivity index (χ2n) is 6.98. The van der Waals surface area contributed by atoms with Crippen LogP contribution in [0.1, 0.15) is 22.8 Å². The summed E-state index contributed by atoms with van der Waals surface area (Å²) in [6.07, 6.45) is -5.61. The zero-order chi connectivity index (χ0) is 21.3. The number of aliphatic hydroxyl groups excluding tert-OH is 5. The zero-order valence-electron chi connectivity index (χ0n) is 16.1. The Hall–Kier alpha value is -2.41. The molecule has 7 N–H and O–H groups in total. The molecule has 1 aliphatic heterocycles. The number of aromatic nitrogens is 2. The number of fused-ring (bicyclic) bond motifs is 1. The van der Waals surface area contributed by atoms with E-state index in [9.17, 15) is 20.4 Å². The van der Waals surface area contributed by atoms with Gasteiger partial charge in [-0.25, -0.2) is 4.99 Å². The summed E-state index contributed by atoms with van der Waals surface area (Å²) in [6, 6.07) is 3.62. The van der Waals surface area contributed by atoms with E-state index in [0.29, 0.717) is 11.4 Å². The van der Waals surface area contributed by atoms with Crippen molar-refractivity contribution in [3.05, 3.63) is 35.0 Å². The van der Waals surface area contributed by atoms with E-state index in [1.54, 1.807) is 6.07 Å². The summed E-state index contributed by atoms with van der Waals surface area (Å²) in [6.45, 7) is 2.91. The topological polar surface area (TPSA) is 182 Å². The first-order valence-electron chi connectivity index (χ1n) is 9.09. The molecule has 3 rings (SSSR count). The van der Waals surface area contributed by atoms with Crippen LogP contribution in [0.2, 0.25) is 0 Å². The fourth-order valence-corrected chi connectivity index (χ4v) is 3.06. The smallest absolute Gasteiger partial charge is 0.277 e. The number of aryl methyl sites for hydroxylation is 2. The molecule has 1 aliphatic rings. The lowest BCUT2D eigenvalue weighted by Crippen LogP contribution is -2.52. The van der Waals surface area contributed by atoms with E-state index in [0.717, 1.165) is 11.1 Å². The predicted octanol–water partition coefficient (Wildman–Crippen LogP) is -1.52. The van der Waals surface area contributed by atoms with Crippen LogP contribution in [0.15, 0.2) is 21.6 Å². The molecular weight excluding hydrogens is 382 g/mol. The predicted molar refractivity (Wildman–Crippen MR) is 103 cm³/mol. The van der Waals surface area contributed by atoms with Crippen LogP contribution in [0.5, 0.6) is 0 Å². The van der Waals surface area contributed by atoms with E-state index >= 15 is 0 Å².